The summed E-state index contributed by atoms with van der Waals surface area (Å²) in [4.78, 5) is 25.6. The summed E-state index contributed by atoms with van der Waals surface area (Å²) in [5.74, 6) is -0.557. The Kier molecular flexibility index (Phi) is 7.96. The van der Waals surface area contributed by atoms with E-state index in [9.17, 15) is 18.0 Å². The number of nitrogens with one attached hydrogen (secondary N) is 3. The quantitative estimate of drug-likeness (QED) is 0.562. The normalized spacial score (nSPS) is 12.3. The first-order valence-corrected chi connectivity index (χ1v) is 11.0. The van der Waals surface area contributed by atoms with Crippen LogP contribution < -0.4 is 20.1 Å². The van der Waals surface area contributed by atoms with Crippen molar-refractivity contribution >= 4 is 27.5 Å². The monoisotopic (exact) mass is 433 g/mol. The summed E-state index contributed by atoms with van der Waals surface area (Å²) in [6, 6.07) is 11.8. The first-order chi connectivity index (χ1) is 14.2. The van der Waals surface area contributed by atoms with Gasteiger partial charge in [0, 0.05) is 5.69 Å². The van der Waals surface area contributed by atoms with Gasteiger partial charge in [0.15, 0.2) is 0 Å². The third-order valence-electron chi connectivity index (χ3n) is 4.37. The second-order valence-electron chi connectivity index (χ2n) is 6.85. The summed E-state index contributed by atoms with van der Waals surface area (Å²) >= 11 is 0. The maximum Gasteiger partial charge on any atom is 0.255 e. The summed E-state index contributed by atoms with van der Waals surface area (Å²) in [6.45, 7) is 5.88. The van der Waals surface area contributed by atoms with Crippen LogP contribution in [0.1, 0.15) is 31.1 Å². The number of benzene rings is 2. The fourth-order valence-corrected chi connectivity index (χ4v) is 3.47. The van der Waals surface area contributed by atoms with Crippen LogP contribution in [0.4, 0.5) is 5.69 Å². The van der Waals surface area contributed by atoms with Crippen LogP contribution in [0.15, 0.2) is 53.4 Å². The number of sulfonamides is 1. The number of carbonyl (C=O) groups excluding carboxylic acids is 2. The highest BCUT2D eigenvalue weighted by Gasteiger charge is 2.26. The largest absolute Gasteiger partial charge is 0.493 e. The van der Waals surface area contributed by atoms with Gasteiger partial charge in [-0.15, -0.1) is 0 Å². The maximum atomic E-state index is 12.8. The molecule has 1 unspecified atom stereocenters. The minimum atomic E-state index is -3.56. The predicted molar refractivity (Wildman–Crippen MR) is 115 cm³/mol. The van der Waals surface area contributed by atoms with Crippen LogP contribution in [0.2, 0.25) is 0 Å². The second kappa shape index (κ2) is 10.2. The number of rotatable bonds is 9. The Labute approximate surface area is 177 Å². The standard InChI is InChI=1S/C21H27N3O5S/c1-5-29-18-9-7-6-8-17(18)20(25)24-19(14(2)3)21(26)23-15-10-12-16(13-11-15)30(27,28)22-4/h6-14,19,22H,5H2,1-4H3,(H,23,26)(H,24,25). The molecule has 2 amide bonds. The lowest BCUT2D eigenvalue weighted by Crippen LogP contribution is -2.47. The van der Waals surface area contributed by atoms with Crippen LogP contribution in [-0.2, 0) is 14.8 Å². The highest BCUT2D eigenvalue weighted by molar-refractivity contribution is 7.89. The molecule has 0 aliphatic rings. The minimum Gasteiger partial charge on any atom is -0.493 e. The fourth-order valence-electron chi connectivity index (χ4n) is 2.74. The minimum absolute atomic E-state index is 0.0873. The van der Waals surface area contributed by atoms with E-state index in [1.54, 1.807) is 24.3 Å². The molecular weight excluding hydrogens is 406 g/mol. The Bertz CT molecular complexity index is 988. The number of hydrogen-bond acceptors (Lipinski definition) is 5. The predicted octanol–water partition coefficient (Wildman–Crippen LogP) is 2.39. The second-order valence-corrected chi connectivity index (χ2v) is 8.73. The van der Waals surface area contributed by atoms with Crippen molar-refractivity contribution in [3.05, 3.63) is 54.1 Å². The average molecular weight is 434 g/mol. The molecule has 30 heavy (non-hydrogen) atoms. The lowest BCUT2D eigenvalue weighted by molar-refractivity contribution is -0.118. The molecule has 8 nitrogen and oxygen atoms in total. The summed E-state index contributed by atoms with van der Waals surface area (Å²) in [6.07, 6.45) is 0. The number of ether oxygens (including phenoxy) is 1. The molecule has 0 fully saturated rings. The van der Waals surface area contributed by atoms with Crippen LogP contribution >= 0.6 is 0 Å². The zero-order chi connectivity index (χ0) is 22.3. The molecule has 0 saturated carbocycles. The van der Waals surface area contributed by atoms with Crippen molar-refractivity contribution in [1.82, 2.24) is 10.0 Å². The van der Waals surface area contributed by atoms with E-state index in [4.69, 9.17) is 4.74 Å². The van der Waals surface area contributed by atoms with Gasteiger partial charge >= 0.3 is 0 Å². The molecule has 0 aromatic heterocycles. The molecule has 162 valence electrons. The van der Waals surface area contributed by atoms with Gasteiger partial charge in [0.25, 0.3) is 5.91 Å². The fraction of sp³-hybridized carbons (Fsp3) is 0.333. The first-order valence-electron chi connectivity index (χ1n) is 9.56. The van der Waals surface area contributed by atoms with Crippen molar-refractivity contribution in [3.63, 3.8) is 0 Å². The highest BCUT2D eigenvalue weighted by Crippen LogP contribution is 2.19. The summed E-state index contributed by atoms with van der Waals surface area (Å²) < 4.78 is 31.3. The van der Waals surface area contributed by atoms with Crippen molar-refractivity contribution in [3.8, 4) is 5.75 Å². The van der Waals surface area contributed by atoms with Crippen molar-refractivity contribution in [1.29, 1.82) is 0 Å². The van der Waals surface area contributed by atoms with E-state index in [2.05, 4.69) is 15.4 Å². The molecule has 9 heteroatoms. The van der Waals surface area contributed by atoms with Gasteiger partial charge in [-0.3, -0.25) is 9.59 Å². The molecule has 0 bridgehead atoms. The molecule has 0 spiro atoms. The molecule has 2 aromatic rings. The molecule has 0 heterocycles. The van der Waals surface area contributed by atoms with E-state index in [0.29, 0.717) is 23.6 Å². The van der Waals surface area contributed by atoms with E-state index in [1.807, 2.05) is 20.8 Å². The lowest BCUT2D eigenvalue weighted by atomic mass is 10.0. The molecule has 0 radical (unpaired) electrons. The number of anilines is 1. The zero-order valence-corrected chi connectivity index (χ0v) is 18.2. The van der Waals surface area contributed by atoms with Crippen LogP contribution in [0, 0.1) is 5.92 Å². The average Bonchev–Trinajstić information content (AvgIpc) is 2.72. The Morgan fingerprint density at radius 3 is 2.23 bits per heavy atom. The molecule has 3 N–H and O–H groups in total. The molecular formula is C21H27N3O5S. The molecule has 0 saturated heterocycles. The number of amides is 2. The zero-order valence-electron chi connectivity index (χ0n) is 17.4. The van der Waals surface area contributed by atoms with Crippen molar-refractivity contribution < 1.29 is 22.7 Å². The molecule has 0 aliphatic heterocycles. The highest BCUT2D eigenvalue weighted by atomic mass is 32.2. The van der Waals surface area contributed by atoms with E-state index < -0.39 is 27.9 Å². The third-order valence-corrected chi connectivity index (χ3v) is 5.80. The first kappa shape index (κ1) is 23.4. The number of hydrogen-bond donors (Lipinski definition) is 3. The van der Waals surface area contributed by atoms with Crippen LogP contribution in [-0.4, -0.2) is 39.9 Å². The molecule has 2 rings (SSSR count). The van der Waals surface area contributed by atoms with Crippen molar-refractivity contribution in [2.75, 3.05) is 19.0 Å². The van der Waals surface area contributed by atoms with Gasteiger partial charge in [-0.1, -0.05) is 26.0 Å². The Balaban J connectivity index is 2.15. The van der Waals surface area contributed by atoms with Gasteiger partial charge in [0.05, 0.1) is 17.1 Å². The maximum absolute atomic E-state index is 12.8. The Morgan fingerprint density at radius 1 is 1.03 bits per heavy atom. The number of para-hydroxylation sites is 1. The van der Waals surface area contributed by atoms with Gasteiger partial charge in [-0.25, -0.2) is 13.1 Å². The van der Waals surface area contributed by atoms with Gasteiger partial charge in [0.2, 0.25) is 15.9 Å². The topological polar surface area (TPSA) is 114 Å². The van der Waals surface area contributed by atoms with E-state index in [-0.39, 0.29) is 10.8 Å². The van der Waals surface area contributed by atoms with Gasteiger partial charge in [-0.05, 0) is 56.3 Å². The molecule has 0 aliphatic carbocycles. The summed E-state index contributed by atoms with van der Waals surface area (Å²) in [5.41, 5.74) is 0.768. The molecule has 1 atom stereocenters. The van der Waals surface area contributed by atoms with E-state index >= 15 is 0 Å². The SMILES string of the molecule is CCOc1ccccc1C(=O)NC(C(=O)Nc1ccc(S(=O)(=O)NC)cc1)C(C)C. The summed E-state index contributed by atoms with van der Waals surface area (Å²) in [5, 5.41) is 5.48. The Morgan fingerprint density at radius 2 is 1.67 bits per heavy atom. The molecule has 2 aromatic carbocycles. The smallest absolute Gasteiger partial charge is 0.255 e. The van der Waals surface area contributed by atoms with Gasteiger partial charge in [0.1, 0.15) is 11.8 Å². The van der Waals surface area contributed by atoms with Crippen molar-refractivity contribution in [2.24, 2.45) is 5.92 Å². The van der Waals surface area contributed by atoms with Crippen LogP contribution in [0.3, 0.4) is 0 Å². The van der Waals surface area contributed by atoms with Gasteiger partial charge < -0.3 is 15.4 Å². The summed E-state index contributed by atoms with van der Waals surface area (Å²) in [7, 11) is -2.24. The van der Waals surface area contributed by atoms with Crippen LogP contribution in [0.25, 0.3) is 0 Å². The van der Waals surface area contributed by atoms with E-state index in [1.165, 1.54) is 31.3 Å². The lowest BCUT2D eigenvalue weighted by Gasteiger charge is -2.22. The van der Waals surface area contributed by atoms with Crippen molar-refractivity contribution in [2.45, 2.75) is 31.7 Å². The third kappa shape index (κ3) is 5.80. The Hall–Kier alpha value is -2.91. The van der Waals surface area contributed by atoms with Gasteiger partial charge in [-0.2, -0.15) is 0 Å². The van der Waals surface area contributed by atoms with E-state index in [0.717, 1.165) is 0 Å². The number of carbonyl (C=O) groups is 2. The van der Waals surface area contributed by atoms with Crippen LogP contribution in [0.5, 0.6) is 5.75 Å².